The van der Waals surface area contributed by atoms with Crippen molar-refractivity contribution in [3.63, 3.8) is 0 Å². The molecule has 3 N–H and O–H groups in total. The van der Waals surface area contributed by atoms with Crippen molar-refractivity contribution in [2.45, 2.75) is 6.61 Å². The average Bonchev–Trinajstić information content (AvgIpc) is 2.53. The van der Waals surface area contributed by atoms with E-state index in [-0.39, 0.29) is 23.7 Å². The van der Waals surface area contributed by atoms with E-state index in [4.69, 9.17) is 10.5 Å². The summed E-state index contributed by atoms with van der Waals surface area (Å²) < 4.78 is 32.0. The Bertz CT molecular complexity index is 645. The third-order valence-corrected chi connectivity index (χ3v) is 2.93. The van der Waals surface area contributed by atoms with Crippen LogP contribution in [0.25, 0.3) is 0 Å². The van der Waals surface area contributed by atoms with Gasteiger partial charge in [0, 0.05) is 18.7 Å². The first-order valence-electron chi connectivity index (χ1n) is 6.75. The molecule has 0 aliphatic rings. The number of rotatable bonds is 6. The van der Waals surface area contributed by atoms with Crippen LogP contribution in [0.4, 0.5) is 8.78 Å². The van der Waals surface area contributed by atoms with Crippen molar-refractivity contribution >= 4 is 5.91 Å². The number of carbonyl (C=O) groups excluding carboxylic acids is 1. The molecule has 0 fully saturated rings. The minimum absolute atomic E-state index is 0.0275. The highest BCUT2D eigenvalue weighted by Gasteiger charge is 2.10. The molecule has 0 saturated carbocycles. The number of halogens is 2. The fourth-order valence-corrected chi connectivity index (χ4v) is 1.79. The van der Waals surface area contributed by atoms with Gasteiger partial charge in [0.25, 0.3) is 5.91 Å². The van der Waals surface area contributed by atoms with Crippen molar-refractivity contribution in [3.8, 4) is 5.75 Å². The minimum atomic E-state index is -0.637. The SMILES string of the molecule is NCCNC(=O)c1ccc(OCc2ccc(F)cc2)c(F)c1. The summed E-state index contributed by atoms with van der Waals surface area (Å²) in [6.07, 6.45) is 0. The first kappa shape index (κ1) is 15.9. The lowest BCUT2D eigenvalue weighted by molar-refractivity contribution is 0.0954. The van der Waals surface area contributed by atoms with Crippen molar-refractivity contribution in [1.29, 1.82) is 0 Å². The van der Waals surface area contributed by atoms with Gasteiger partial charge in [-0.1, -0.05) is 12.1 Å². The first-order valence-corrected chi connectivity index (χ1v) is 6.75. The topological polar surface area (TPSA) is 64.3 Å². The lowest BCUT2D eigenvalue weighted by Crippen LogP contribution is -2.29. The number of nitrogens with one attached hydrogen (secondary N) is 1. The van der Waals surface area contributed by atoms with Gasteiger partial charge in [0.1, 0.15) is 12.4 Å². The molecule has 0 heterocycles. The van der Waals surface area contributed by atoms with Crippen LogP contribution in [0.2, 0.25) is 0 Å². The van der Waals surface area contributed by atoms with Crippen molar-refractivity contribution < 1.29 is 18.3 Å². The van der Waals surface area contributed by atoms with Gasteiger partial charge < -0.3 is 15.8 Å². The van der Waals surface area contributed by atoms with Crippen LogP contribution in [-0.4, -0.2) is 19.0 Å². The molecule has 116 valence electrons. The van der Waals surface area contributed by atoms with Gasteiger partial charge in [-0.15, -0.1) is 0 Å². The summed E-state index contributed by atoms with van der Waals surface area (Å²) in [7, 11) is 0. The number of hydrogen-bond donors (Lipinski definition) is 2. The first-order chi connectivity index (χ1) is 10.6. The van der Waals surface area contributed by atoms with E-state index in [1.165, 1.54) is 24.3 Å². The van der Waals surface area contributed by atoms with Crippen molar-refractivity contribution in [1.82, 2.24) is 5.32 Å². The highest BCUT2D eigenvalue weighted by atomic mass is 19.1. The maximum absolute atomic E-state index is 13.9. The third kappa shape index (κ3) is 4.26. The molecule has 0 bridgehead atoms. The molecule has 0 saturated heterocycles. The number of nitrogens with two attached hydrogens (primary N) is 1. The number of hydrogen-bond acceptors (Lipinski definition) is 3. The number of amides is 1. The van der Waals surface area contributed by atoms with Crippen LogP contribution >= 0.6 is 0 Å². The third-order valence-electron chi connectivity index (χ3n) is 2.93. The Labute approximate surface area is 126 Å². The molecule has 2 aromatic carbocycles. The van der Waals surface area contributed by atoms with E-state index in [9.17, 15) is 13.6 Å². The van der Waals surface area contributed by atoms with E-state index in [1.54, 1.807) is 12.1 Å². The summed E-state index contributed by atoms with van der Waals surface area (Å²) in [5.74, 6) is -1.35. The molecule has 0 radical (unpaired) electrons. The molecular formula is C16H16F2N2O2. The molecule has 6 heteroatoms. The zero-order valence-corrected chi connectivity index (χ0v) is 11.8. The number of carbonyl (C=O) groups is 1. The second-order valence-electron chi connectivity index (χ2n) is 4.60. The van der Waals surface area contributed by atoms with Crippen LogP contribution in [-0.2, 0) is 6.61 Å². The fourth-order valence-electron chi connectivity index (χ4n) is 1.79. The van der Waals surface area contributed by atoms with Gasteiger partial charge in [-0.3, -0.25) is 4.79 Å². The van der Waals surface area contributed by atoms with Crippen molar-refractivity contribution in [2.75, 3.05) is 13.1 Å². The molecule has 0 spiro atoms. The van der Waals surface area contributed by atoms with E-state index in [0.717, 1.165) is 6.07 Å². The fraction of sp³-hybridized carbons (Fsp3) is 0.188. The van der Waals surface area contributed by atoms with Gasteiger partial charge in [-0.25, -0.2) is 8.78 Å². The van der Waals surface area contributed by atoms with Gasteiger partial charge in [-0.2, -0.15) is 0 Å². The zero-order valence-electron chi connectivity index (χ0n) is 11.8. The van der Waals surface area contributed by atoms with Crippen molar-refractivity contribution in [3.05, 3.63) is 65.2 Å². The van der Waals surface area contributed by atoms with Gasteiger partial charge in [-0.05, 0) is 35.9 Å². The maximum atomic E-state index is 13.9. The smallest absolute Gasteiger partial charge is 0.251 e. The van der Waals surface area contributed by atoms with Gasteiger partial charge in [0.2, 0.25) is 0 Å². The van der Waals surface area contributed by atoms with E-state index in [1.807, 2.05) is 0 Å². The van der Waals surface area contributed by atoms with Gasteiger partial charge in [0.15, 0.2) is 11.6 Å². The highest BCUT2D eigenvalue weighted by Crippen LogP contribution is 2.19. The van der Waals surface area contributed by atoms with Crippen LogP contribution in [0.1, 0.15) is 15.9 Å². The molecule has 1 amide bonds. The highest BCUT2D eigenvalue weighted by molar-refractivity contribution is 5.94. The lowest BCUT2D eigenvalue weighted by Gasteiger charge is -2.09. The standard InChI is InChI=1S/C16H16F2N2O2/c17-13-4-1-11(2-5-13)10-22-15-6-3-12(9-14(15)18)16(21)20-8-7-19/h1-6,9H,7-8,10,19H2,(H,20,21). The zero-order chi connectivity index (χ0) is 15.9. The minimum Gasteiger partial charge on any atom is -0.486 e. The van der Waals surface area contributed by atoms with E-state index < -0.39 is 11.7 Å². The van der Waals surface area contributed by atoms with Crippen molar-refractivity contribution in [2.24, 2.45) is 5.73 Å². The Balaban J connectivity index is 2.00. The summed E-state index contributed by atoms with van der Waals surface area (Å²) in [5, 5.41) is 2.55. The Hall–Kier alpha value is -2.47. The van der Waals surface area contributed by atoms with Crippen LogP contribution in [0.5, 0.6) is 5.75 Å². The largest absolute Gasteiger partial charge is 0.486 e. The summed E-state index contributed by atoms with van der Waals surface area (Å²) in [6.45, 7) is 0.742. The number of ether oxygens (including phenoxy) is 1. The van der Waals surface area contributed by atoms with Gasteiger partial charge in [0.05, 0.1) is 0 Å². The predicted molar refractivity (Wildman–Crippen MR) is 78.5 cm³/mol. The summed E-state index contributed by atoms with van der Waals surface area (Å²) in [4.78, 5) is 11.7. The van der Waals surface area contributed by atoms with Gasteiger partial charge >= 0.3 is 0 Å². The Morgan fingerprint density at radius 2 is 1.86 bits per heavy atom. The molecule has 4 nitrogen and oxygen atoms in total. The lowest BCUT2D eigenvalue weighted by atomic mass is 10.2. The molecule has 0 unspecified atom stereocenters. The molecule has 22 heavy (non-hydrogen) atoms. The van der Waals surface area contributed by atoms with Crippen LogP contribution in [0, 0.1) is 11.6 Å². The summed E-state index contributed by atoms with van der Waals surface area (Å²) in [6, 6.07) is 9.68. The molecule has 2 aromatic rings. The molecule has 0 aliphatic carbocycles. The Kier molecular flexibility index (Phi) is 5.43. The van der Waals surface area contributed by atoms with E-state index in [0.29, 0.717) is 18.7 Å². The molecule has 0 aliphatic heterocycles. The second-order valence-corrected chi connectivity index (χ2v) is 4.60. The molecule has 2 rings (SSSR count). The second kappa shape index (κ2) is 7.51. The maximum Gasteiger partial charge on any atom is 0.251 e. The molecule has 0 atom stereocenters. The Morgan fingerprint density at radius 3 is 2.50 bits per heavy atom. The van der Waals surface area contributed by atoms with E-state index >= 15 is 0 Å². The van der Waals surface area contributed by atoms with Crippen LogP contribution < -0.4 is 15.8 Å². The normalized spacial score (nSPS) is 10.3. The van der Waals surface area contributed by atoms with Crippen LogP contribution in [0.3, 0.4) is 0 Å². The molecular weight excluding hydrogens is 290 g/mol. The van der Waals surface area contributed by atoms with E-state index in [2.05, 4.69) is 5.32 Å². The average molecular weight is 306 g/mol. The number of benzene rings is 2. The monoisotopic (exact) mass is 306 g/mol. The Morgan fingerprint density at radius 1 is 1.14 bits per heavy atom. The summed E-state index contributed by atoms with van der Waals surface area (Å²) >= 11 is 0. The summed E-state index contributed by atoms with van der Waals surface area (Å²) in [5.41, 5.74) is 6.19. The predicted octanol–water partition coefficient (Wildman–Crippen LogP) is 2.23. The quantitative estimate of drug-likeness (QED) is 0.860. The molecule has 0 aromatic heterocycles. The van der Waals surface area contributed by atoms with Crippen LogP contribution in [0.15, 0.2) is 42.5 Å².